The smallest absolute Gasteiger partial charge is 0.225 e. The summed E-state index contributed by atoms with van der Waals surface area (Å²) in [6, 6.07) is 3.18. The lowest BCUT2D eigenvalue weighted by molar-refractivity contribution is -0.137. The van der Waals surface area contributed by atoms with Gasteiger partial charge in [0.2, 0.25) is 5.91 Å². The van der Waals surface area contributed by atoms with Gasteiger partial charge < -0.3 is 9.80 Å². The van der Waals surface area contributed by atoms with Crippen molar-refractivity contribution < 1.29 is 4.79 Å². The third-order valence-corrected chi connectivity index (χ3v) is 6.31. The fourth-order valence-corrected chi connectivity index (χ4v) is 4.59. The second kappa shape index (κ2) is 7.30. The molecule has 3 aliphatic rings. The minimum Gasteiger partial charge on any atom is -0.350 e. The topological polar surface area (TPSA) is 49.3 Å². The SMILES string of the molecule is CC1CCC(C(=O)N2CCC(N(c3ccncn3)C3CC3)CC2)CC1. The highest BCUT2D eigenvalue weighted by atomic mass is 16.2. The predicted octanol–water partition coefficient (Wildman–Crippen LogP) is 3.26. The number of anilines is 1. The minimum atomic E-state index is 0.286. The molecule has 4 rings (SSSR count). The molecule has 0 aromatic carbocycles. The standard InChI is InChI=1S/C20H30N4O/c1-15-2-4-16(5-3-15)20(25)23-12-9-18(10-13-23)24(17-6-7-17)19-8-11-21-14-22-19/h8,11,14-18H,2-7,9-10,12-13H2,1H3. The molecule has 25 heavy (non-hydrogen) atoms. The number of likely N-dealkylation sites (tertiary alicyclic amines) is 1. The largest absolute Gasteiger partial charge is 0.350 e. The minimum absolute atomic E-state index is 0.286. The van der Waals surface area contributed by atoms with Crippen molar-refractivity contribution >= 4 is 11.7 Å². The maximum Gasteiger partial charge on any atom is 0.225 e. The van der Waals surface area contributed by atoms with E-state index in [2.05, 4.69) is 26.7 Å². The molecule has 2 aliphatic carbocycles. The van der Waals surface area contributed by atoms with Gasteiger partial charge in [-0.15, -0.1) is 0 Å². The number of hydrogen-bond acceptors (Lipinski definition) is 4. The van der Waals surface area contributed by atoms with Gasteiger partial charge in [-0.25, -0.2) is 9.97 Å². The molecule has 1 amide bonds. The number of aromatic nitrogens is 2. The molecule has 1 aromatic heterocycles. The Kier molecular flexibility index (Phi) is 4.91. The number of carbonyl (C=O) groups excluding carboxylic acids is 1. The van der Waals surface area contributed by atoms with Crippen LogP contribution in [0.15, 0.2) is 18.6 Å². The summed E-state index contributed by atoms with van der Waals surface area (Å²) in [4.78, 5) is 26.0. The Morgan fingerprint density at radius 3 is 2.32 bits per heavy atom. The number of amides is 1. The van der Waals surface area contributed by atoms with Gasteiger partial charge in [0, 0.05) is 37.3 Å². The molecule has 2 saturated carbocycles. The second-order valence-corrected chi connectivity index (χ2v) is 8.22. The van der Waals surface area contributed by atoms with Gasteiger partial charge in [-0.3, -0.25) is 4.79 Å². The van der Waals surface area contributed by atoms with E-state index in [4.69, 9.17) is 0 Å². The summed E-state index contributed by atoms with van der Waals surface area (Å²) in [6.07, 6.45) is 12.8. The van der Waals surface area contributed by atoms with Crippen molar-refractivity contribution in [1.29, 1.82) is 0 Å². The van der Waals surface area contributed by atoms with Gasteiger partial charge in [-0.1, -0.05) is 6.92 Å². The first-order chi connectivity index (χ1) is 12.2. The highest BCUT2D eigenvalue weighted by Crippen LogP contribution is 2.36. The normalized spacial score (nSPS) is 28.0. The summed E-state index contributed by atoms with van der Waals surface area (Å²) in [5, 5.41) is 0. The molecule has 1 aliphatic heterocycles. The Balaban J connectivity index is 1.35. The van der Waals surface area contributed by atoms with Crippen molar-refractivity contribution in [2.24, 2.45) is 11.8 Å². The van der Waals surface area contributed by atoms with Gasteiger partial charge in [0.05, 0.1) is 0 Å². The predicted molar refractivity (Wildman–Crippen MR) is 98.3 cm³/mol. The first-order valence-corrected chi connectivity index (χ1v) is 10.1. The van der Waals surface area contributed by atoms with Crippen LogP contribution in [0.3, 0.4) is 0 Å². The number of piperidine rings is 1. The van der Waals surface area contributed by atoms with E-state index in [-0.39, 0.29) is 5.92 Å². The van der Waals surface area contributed by atoms with Crippen LogP contribution in [0.5, 0.6) is 0 Å². The Labute approximate surface area is 150 Å². The summed E-state index contributed by atoms with van der Waals surface area (Å²) in [6.45, 7) is 4.12. The molecule has 0 atom stereocenters. The maximum absolute atomic E-state index is 12.8. The summed E-state index contributed by atoms with van der Waals surface area (Å²) >= 11 is 0. The Hall–Kier alpha value is -1.65. The molecule has 0 N–H and O–H groups in total. The van der Waals surface area contributed by atoms with E-state index in [0.29, 0.717) is 18.0 Å². The van der Waals surface area contributed by atoms with Crippen LogP contribution >= 0.6 is 0 Å². The molecule has 1 aromatic rings. The Bertz CT molecular complexity index is 573. The van der Waals surface area contributed by atoms with E-state index >= 15 is 0 Å². The molecule has 0 unspecified atom stereocenters. The zero-order chi connectivity index (χ0) is 17.2. The molecule has 5 heteroatoms. The first-order valence-electron chi connectivity index (χ1n) is 10.1. The van der Waals surface area contributed by atoms with E-state index in [1.54, 1.807) is 6.33 Å². The van der Waals surface area contributed by atoms with Gasteiger partial charge in [-0.05, 0) is 63.4 Å². The molecule has 0 bridgehead atoms. The molecular weight excluding hydrogens is 312 g/mol. The molecule has 0 spiro atoms. The monoisotopic (exact) mass is 342 g/mol. The molecule has 5 nitrogen and oxygen atoms in total. The van der Waals surface area contributed by atoms with E-state index in [0.717, 1.165) is 50.5 Å². The maximum atomic E-state index is 12.8. The lowest BCUT2D eigenvalue weighted by Gasteiger charge is -2.40. The van der Waals surface area contributed by atoms with Crippen LogP contribution in [0.4, 0.5) is 5.82 Å². The quantitative estimate of drug-likeness (QED) is 0.843. The summed E-state index contributed by atoms with van der Waals surface area (Å²) in [5.74, 6) is 2.57. The van der Waals surface area contributed by atoms with Crippen molar-refractivity contribution in [2.45, 2.75) is 70.4 Å². The van der Waals surface area contributed by atoms with Crippen LogP contribution < -0.4 is 4.90 Å². The van der Waals surface area contributed by atoms with E-state index < -0.39 is 0 Å². The highest BCUT2D eigenvalue weighted by Gasteiger charge is 2.38. The van der Waals surface area contributed by atoms with Crippen molar-refractivity contribution in [3.05, 3.63) is 18.6 Å². The second-order valence-electron chi connectivity index (χ2n) is 8.22. The van der Waals surface area contributed by atoms with Crippen LogP contribution in [-0.4, -0.2) is 45.9 Å². The van der Waals surface area contributed by atoms with Crippen molar-refractivity contribution in [3.63, 3.8) is 0 Å². The van der Waals surface area contributed by atoms with E-state index in [1.807, 2.05) is 12.3 Å². The number of carbonyl (C=O) groups is 1. The third-order valence-electron chi connectivity index (χ3n) is 6.31. The summed E-state index contributed by atoms with van der Waals surface area (Å²) in [7, 11) is 0. The molecule has 3 fully saturated rings. The molecular formula is C20H30N4O. The number of hydrogen-bond donors (Lipinski definition) is 0. The average molecular weight is 342 g/mol. The average Bonchev–Trinajstić information content (AvgIpc) is 3.48. The molecule has 2 heterocycles. The van der Waals surface area contributed by atoms with Crippen molar-refractivity contribution in [2.75, 3.05) is 18.0 Å². The van der Waals surface area contributed by atoms with Gasteiger partial charge in [-0.2, -0.15) is 0 Å². The van der Waals surface area contributed by atoms with Crippen molar-refractivity contribution in [3.8, 4) is 0 Å². The zero-order valence-corrected chi connectivity index (χ0v) is 15.3. The van der Waals surface area contributed by atoms with Gasteiger partial charge in [0.15, 0.2) is 0 Å². The van der Waals surface area contributed by atoms with Gasteiger partial charge in [0.1, 0.15) is 12.1 Å². The van der Waals surface area contributed by atoms with Crippen molar-refractivity contribution in [1.82, 2.24) is 14.9 Å². The fraction of sp³-hybridized carbons (Fsp3) is 0.750. The van der Waals surface area contributed by atoms with Crippen LogP contribution in [0.25, 0.3) is 0 Å². The summed E-state index contributed by atoms with van der Waals surface area (Å²) < 4.78 is 0. The first kappa shape index (κ1) is 16.8. The Morgan fingerprint density at radius 1 is 1.04 bits per heavy atom. The number of nitrogens with zero attached hydrogens (tertiary/aromatic N) is 4. The van der Waals surface area contributed by atoms with E-state index in [9.17, 15) is 4.79 Å². The zero-order valence-electron chi connectivity index (χ0n) is 15.3. The van der Waals surface area contributed by atoms with Crippen LogP contribution in [0, 0.1) is 11.8 Å². The lowest BCUT2D eigenvalue weighted by Crippen LogP contribution is -2.49. The fourth-order valence-electron chi connectivity index (χ4n) is 4.59. The van der Waals surface area contributed by atoms with E-state index in [1.165, 1.54) is 25.7 Å². The summed E-state index contributed by atoms with van der Waals surface area (Å²) in [5.41, 5.74) is 0. The molecule has 136 valence electrons. The van der Waals surface area contributed by atoms with Gasteiger partial charge >= 0.3 is 0 Å². The van der Waals surface area contributed by atoms with Crippen LogP contribution in [0.1, 0.15) is 58.3 Å². The third kappa shape index (κ3) is 3.80. The Morgan fingerprint density at radius 2 is 1.72 bits per heavy atom. The number of rotatable bonds is 4. The lowest BCUT2D eigenvalue weighted by atomic mass is 9.82. The van der Waals surface area contributed by atoms with Crippen LogP contribution in [0.2, 0.25) is 0 Å². The highest BCUT2D eigenvalue weighted by molar-refractivity contribution is 5.79. The van der Waals surface area contributed by atoms with Gasteiger partial charge in [0.25, 0.3) is 0 Å². The molecule has 1 saturated heterocycles. The van der Waals surface area contributed by atoms with Crippen LogP contribution in [-0.2, 0) is 4.79 Å². The molecule has 0 radical (unpaired) electrons.